The quantitative estimate of drug-likeness (QED) is 0.335. The molecule has 0 atom stereocenters. The van der Waals surface area contributed by atoms with Gasteiger partial charge in [0.25, 0.3) is 0 Å². The first-order chi connectivity index (χ1) is 16.5. The van der Waals surface area contributed by atoms with E-state index in [2.05, 4.69) is 9.64 Å². The van der Waals surface area contributed by atoms with E-state index in [1.54, 1.807) is 24.1 Å². The van der Waals surface area contributed by atoms with Gasteiger partial charge in [-0.25, -0.2) is 9.97 Å². The first-order valence-electron chi connectivity index (χ1n) is 10.9. The Morgan fingerprint density at radius 3 is 2.62 bits per heavy atom. The van der Waals surface area contributed by atoms with E-state index in [1.807, 2.05) is 24.3 Å². The van der Waals surface area contributed by atoms with Crippen molar-refractivity contribution in [3.8, 4) is 5.75 Å². The summed E-state index contributed by atoms with van der Waals surface area (Å²) in [5.74, 6) is 0.985. The molecule has 1 saturated heterocycles. The Hall–Kier alpha value is -2.82. The molecule has 0 bridgehead atoms. The topological polar surface area (TPSA) is 67.8 Å². The van der Waals surface area contributed by atoms with E-state index in [0.29, 0.717) is 26.3 Å². The van der Waals surface area contributed by atoms with Crippen LogP contribution in [0.5, 0.6) is 5.75 Å². The van der Waals surface area contributed by atoms with E-state index < -0.39 is 6.61 Å². The van der Waals surface area contributed by atoms with Crippen LogP contribution in [0, 0.1) is 0 Å². The van der Waals surface area contributed by atoms with Gasteiger partial charge in [-0.1, -0.05) is 42.1 Å². The Morgan fingerprint density at radius 1 is 1.15 bits per heavy atom. The third-order valence-corrected chi connectivity index (χ3v) is 6.39. The molecule has 2 aromatic carbocycles. The first-order valence-corrected chi connectivity index (χ1v) is 11.9. The summed E-state index contributed by atoms with van der Waals surface area (Å²) in [6, 6.07) is 14.1. The third-order valence-electron chi connectivity index (χ3n) is 5.41. The van der Waals surface area contributed by atoms with Crippen molar-refractivity contribution in [2.45, 2.75) is 24.7 Å². The summed E-state index contributed by atoms with van der Waals surface area (Å²) >= 11 is 1.39. The Morgan fingerprint density at radius 2 is 1.88 bits per heavy atom. The average Bonchev–Trinajstić information content (AvgIpc) is 2.84. The number of para-hydroxylation sites is 1. The monoisotopic (exact) mass is 488 g/mol. The number of alkyl halides is 2. The molecule has 0 unspecified atom stereocenters. The van der Waals surface area contributed by atoms with Crippen LogP contribution in [0.4, 0.5) is 8.78 Å². The first kappa shape index (κ1) is 24.3. The maximum atomic E-state index is 12.8. The van der Waals surface area contributed by atoms with Gasteiger partial charge in [0.15, 0.2) is 0 Å². The fraction of sp³-hybridized carbons (Fsp3) is 0.375. The van der Waals surface area contributed by atoms with Crippen molar-refractivity contribution in [1.29, 1.82) is 0 Å². The molecule has 180 valence electrons. The standard InChI is InChI=1S/C24H26F2N4O3S/c1-29(14-17-6-8-18(9-7-17)33-24(25)26)22(31)16-34-23-19-4-2-3-5-20(19)27-21(28-23)15-30-10-12-32-13-11-30/h2-9,24H,10-16H2,1H3. The molecule has 0 saturated carbocycles. The number of morpholine rings is 1. The van der Waals surface area contributed by atoms with Crippen LogP contribution in [-0.4, -0.2) is 71.4 Å². The van der Waals surface area contributed by atoms with Gasteiger partial charge in [-0.15, -0.1) is 0 Å². The van der Waals surface area contributed by atoms with Crippen LogP contribution in [0.2, 0.25) is 0 Å². The highest BCUT2D eigenvalue weighted by Crippen LogP contribution is 2.26. The maximum absolute atomic E-state index is 12.8. The highest BCUT2D eigenvalue weighted by atomic mass is 32.2. The number of carbonyl (C=O) groups is 1. The zero-order valence-electron chi connectivity index (χ0n) is 18.8. The number of amides is 1. The molecule has 34 heavy (non-hydrogen) atoms. The van der Waals surface area contributed by atoms with E-state index in [9.17, 15) is 13.6 Å². The number of thioether (sulfide) groups is 1. The lowest BCUT2D eigenvalue weighted by atomic mass is 10.2. The molecule has 7 nitrogen and oxygen atoms in total. The largest absolute Gasteiger partial charge is 0.435 e. The third kappa shape index (κ3) is 6.62. The highest BCUT2D eigenvalue weighted by Gasteiger charge is 2.17. The van der Waals surface area contributed by atoms with Crippen LogP contribution < -0.4 is 4.74 Å². The van der Waals surface area contributed by atoms with E-state index in [4.69, 9.17) is 14.7 Å². The number of nitrogens with zero attached hydrogens (tertiary/aromatic N) is 4. The fourth-order valence-corrected chi connectivity index (χ4v) is 4.59. The zero-order chi connectivity index (χ0) is 23.9. The normalized spacial score (nSPS) is 14.5. The minimum absolute atomic E-state index is 0.0599. The van der Waals surface area contributed by atoms with Crippen LogP contribution in [-0.2, 0) is 22.6 Å². The lowest BCUT2D eigenvalue weighted by Crippen LogP contribution is -2.36. The molecule has 3 aromatic rings. The van der Waals surface area contributed by atoms with Gasteiger partial charge in [0.05, 0.1) is 31.0 Å². The fourth-order valence-electron chi connectivity index (χ4n) is 3.61. The average molecular weight is 489 g/mol. The van der Waals surface area contributed by atoms with Crippen molar-refractivity contribution in [3.63, 3.8) is 0 Å². The van der Waals surface area contributed by atoms with Crippen LogP contribution in [0.3, 0.4) is 0 Å². The summed E-state index contributed by atoms with van der Waals surface area (Å²) in [4.78, 5) is 26.1. The molecular weight excluding hydrogens is 462 g/mol. The van der Waals surface area contributed by atoms with Gasteiger partial charge in [0.2, 0.25) is 5.91 Å². The molecule has 1 aromatic heterocycles. The van der Waals surface area contributed by atoms with Crippen molar-refractivity contribution in [3.05, 3.63) is 59.9 Å². The van der Waals surface area contributed by atoms with Crippen LogP contribution in [0.1, 0.15) is 11.4 Å². The SMILES string of the molecule is CN(Cc1ccc(OC(F)F)cc1)C(=O)CSc1nc(CN2CCOCC2)nc2ccccc12. The van der Waals surface area contributed by atoms with Gasteiger partial charge in [-0.05, 0) is 23.8 Å². The van der Waals surface area contributed by atoms with E-state index >= 15 is 0 Å². The van der Waals surface area contributed by atoms with Crippen molar-refractivity contribution in [1.82, 2.24) is 19.8 Å². The summed E-state index contributed by atoms with van der Waals surface area (Å²) in [5.41, 5.74) is 1.68. The number of rotatable bonds is 9. The number of hydrogen-bond acceptors (Lipinski definition) is 7. The molecule has 1 fully saturated rings. The van der Waals surface area contributed by atoms with Gasteiger partial charge in [0.1, 0.15) is 16.6 Å². The minimum Gasteiger partial charge on any atom is -0.435 e. The second-order valence-electron chi connectivity index (χ2n) is 7.91. The zero-order valence-corrected chi connectivity index (χ0v) is 19.6. The van der Waals surface area contributed by atoms with Crippen molar-refractivity contribution < 1.29 is 23.0 Å². The van der Waals surface area contributed by atoms with Gasteiger partial charge in [-0.2, -0.15) is 8.78 Å². The summed E-state index contributed by atoms with van der Waals surface area (Å²) in [6.07, 6.45) is 0. The second-order valence-corrected chi connectivity index (χ2v) is 8.88. The summed E-state index contributed by atoms with van der Waals surface area (Å²) in [7, 11) is 1.72. The summed E-state index contributed by atoms with van der Waals surface area (Å²) in [5, 5.41) is 1.70. The predicted octanol–water partition coefficient (Wildman–Crippen LogP) is 3.81. The van der Waals surface area contributed by atoms with Gasteiger partial charge in [0, 0.05) is 32.1 Å². The number of hydrogen-bond donors (Lipinski definition) is 0. The number of carbonyl (C=O) groups excluding carboxylic acids is 1. The summed E-state index contributed by atoms with van der Waals surface area (Å²) < 4.78 is 34.4. The van der Waals surface area contributed by atoms with Gasteiger partial charge < -0.3 is 14.4 Å². The molecular formula is C24H26F2N4O3S. The molecule has 2 heterocycles. The molecule has 0 N–H and O–H groups in total. The number of benzene rings is 2. The smallest absolute Gasteiger partial charge is 0.387 e. The Bertz CT molecular complexity index is 1110. The number of ether oxygens (including phenoxy) is 2. The highest BCUT2D eigenvalue weighted by molar-refractivity contribution is 8.00. The lowest BCUT2D eigenvalue weighted by molar-refractivity contribution is -0.127. The number of fused-ring (bicyclic) bond motifs is 1. The predicted molar refractivity (Wildman–Crippen MR) is 126 cm³/mol. The molecule has 0 spiro atoms. The summed E-state index contributed by atoms with van der Waals surface area (Å²) in [6.45, 7) is 1.24. The van der Waals surface area contributed by atoms with Gasteiger partial charge in [-0.3, -0.25) is 9.69 Å². The van der Waals surface area contributed by atoms with Crippen molar-refractivity contribution >= 4 is 28.6 Å². The Labute approximate surface area is 201 Å². The van der Waals surface area contributed by atoms with Crippen LogP contribution in [0.25, 0.3) is 10.9 Å². The van der Waals surface area contributed by atoms with E-state index in [-0.39, 0.29) is 17.4 Å². The molecule has 10 heteroatoms. The van der Waals surface area contributed by atoms with Crippen molar-refractivity contribution in [2.75, 3.05) is 39.1 Å². The van der Waals surface area contributed by atoms with Crippen LogP contribution >= 0.6 is 11.8 Å². The Balaban J connectivity index is 1.40. The van der Waals surface area contributed by atoms with Crippen molar-refractivity contribution in [2.24, 2.45) is 0 Å². The number of halogens is 2. The number of aromatic nitrogens is 2. The molecule has 0 aliphatic carbocycles. The second kappa shape index (κ2) is 11.5. The molecule has 1 aliphatic rings. The lowest BCUT2D eigenvalue weighted by Gasteiger charge is -2.26. The Kier molecular flexibility index (Phi) is 8.25. The van der Waals surface area contributed by atoms with Gasteiger partial charge >= 0.3 is 6.61 Å². The maximum Gasteiger partial charge on any atom is 0.387 e. The molecule has 4 rings (SSSR count). The van der Waals surface area contributed by atoms with E-state index in [0.717, 1.165) is 40.4 Å². The molecule has 1 amide bonds. The van der Waals surface area contributed by atoms with E-state index in [1.165, 1.54) is 23.9 Å². The van der Waals surface area contributed by atoms with Crippen LogP contribution in [0.15, 0.2) is 53.6 Å². The molecule has 1 aliphatic heterocycles. The molecule has 0 radical (unpaired) electrons. The minimum atomic E-state index is -2.86.